The van der Waals surface area contributed by atoms with Crippen molar-refractivity contribution in [3.05, 3.63) is 30.3 Å². The number of rotatable bonds is 3. The number of nitrogens with zero attached hydrogens (tertiary/aromatic N) is 1. The molecule has 1 aromatic rings. The summed E-state index contributed by atoms with van der Waals surface area (Å²) in [6.07, 6.45) is 3.34. The Morgan fingerprint density at radius 1 is 1.09 bits per heavy atom. The Morgan fingerprint density at radius 2 is 1.77 bits per heavy atom. The van der Waals surface area contributed by atoms with E-state index in [4.69, 9.17) is 0 Å². The van der Waals surface area contributed by atoms with Crippen LogP contribution in [0.5, 0.6) is 0 Å². The predicted octanol–water partition coefficient (Wildman–Crippen LogP) is 1.46. The van der Waals surface area contributed by atoms with Crippen LogP contribution >= 0.6 is 0 Å². The number of anilines is 1. The highest BCUT2D eigenvalue weighted by atomic mass is 16.3. The Morgan fingerprint density at radius 3 is 2.45 bits per heavy atom. The van der Waals surface area contributed by atoms with Gasteiger partial charge in [-0.3, -0.25) is 9.59 Å². The summed E-state index contributed by atoms with van der Waals surface area (Å²) in [6.45, 7) is 0.588. The van der Waals surface area contributed by atoms with Crippen LogP contribution in [0.15, 0.2) is 30.3 Å². The molecular formula is C17H22N2O3. The van der Waals surface area contributed by atoms with Gasteiger partial charge in [-0.2, -0.15) is 0 Å². The molecule has 2 N–H and O–H groups in total. The predicted molar refractivity (Wildman–Crippen MR) is 83.3 cm³/mol. The fourth-order valence-corrected chi connectivity index (χ4v) is 3.31. The summed E-state index contributed by atoms with van der Waals surface area (Å²) < 4.78 is 0. The quantitative estimate of drug-likeness (QED) is 0.831. The van der Waals surface area contributed by atoms with E-state index < -0.39 is 5.92 Å². The molecule has 0 radical (unpaired) electrons. The van der Waals surface area contributed by atoms with Gasteiger partial charge in [0.05, 0.1) is 6.10 Å². The van der Waals surface area contributed by atoms with Gasteiger partial charge < -0.3 is 15.3 Å². The highest BCUT2D eigenvalue weighted by molar-refractivity contribution is 6.09. The molecule has 2 fully saturated rings. The summed E-state index contributed by atoms with van der Waals surface area (Å²) in [5.41, 5.74) is 0.851. The zero-order chi connectivity index (χ0) is 15.5. The molecule has 1 aliphatic heterocycles. The number of benzene rings is 1. The van der Waals surface area contributed by atoms with E-state index in [-0.39, 0.29) is 24.0 Å². The smallest absolute Gasteiger partial charge is 0.239 e. The van der Waals surface area contributed by atoms with E-state index in [2.05, 4.69) is 5.32 Å². The summed E-state index contributed by atoms with van der Waals surface area (Å²) in [5, 5.41) is 12.5. The molecule has 1 saturated heterocycles. The van der Waals surface area contributed by atoms with Crippen LogP contribution in [0, 0.1) is 5.92 Å². The molecule has 1 aliphatic carbocycles. The molecule has 118 valence electrons. The van der Waals surface area contributed by atoms with Crippen molar-refractivity contribution in [3.63, 3.8) is 0 Å². The first-order valence-electron chi connectivity index (χ1n) is 8.00. The van der Waals surface area contributed by atoms with Crippen LogP contribution < -0.4 is 10.2 Å². The lowest BCUT2D eigenvalue weighted by Gasteiger charge is -2.27. The minimum Gasteiger partial charge on any atom is -0.393 e. The van der Waals surface area contributed by atoms with Crippen LogP contribution in [-0.4, -0.2) is 35.6 Å². The van der Waals surface area contributed by atoms with E-state index in [1.807, 2.05) is 30.3 Å². The molecule has 5 heteroatoms. The molecule has 0 aromatic heterocycles. The van der Waals surface area contributed by atoms with Crippen LogP contribution in [0.4, 0.5) is 5.69 Å². The van der Waals surface area contributed by atoms with Crippen LogP contribution in [0.2, 0.25) is 0 Å². The minimum absolute atomic E-state index is 0.0921. The van der Waals surface area contributed by atoms with Crippen molar-refractivity contribution >= 4 is 17.5 Å². The zero-order valence-electron chi connectivity index (χ0n) is 12.6. The fourth-order valence-electron chi connectivity index (χ4n) is 3.31. The Balaban J connectivity index is 1.59. The number of carbonyl (C=O) groups excluding carboxylic acids is 2. The summed E-state index contributed by atoms with van der Waals surface area (Å²) in [4.78, 5) is 26.5. The van der Waals surface area contributed by atoms with Gasteiger partial charge in [0.15, 0.2) is 0 Å². The molecule has 1 atom stereocenters. The molecule has 1 aromatic carbocycles. The van der Waals surface area contributed by atoms with Gasteiger partial charge in [0, 0.05) is 18.3 Å². The molecular weight excluding hydrogens is 280 g/mol. The lowest BCUT2D eigenvalue weighted by molar-refractivity contribution is -0.132. The first kappa shape index (κ1) is 15.0. The number of aliphatic hydroxyl groups excluding tert-OH is 1. The molecule has 3 rings (SSSR count). The third-order valence-electron chi connectivity index (χ3n) is 4.63. The minimum atomic E-state index is -0.577. The second-order valence-corrected chi connectivity index (χ2v) is 6.18. The Bertz CT molecular complexity index is 538. The molecule has 0 unspecified atom stereocenters. The van der Waals surface area contributed by atoms with Gasteiger partial charge in [-0.1, -0.05) is 18.2 Å². The lowest BCUT2D eigenvalue weighted by Crippen LogP contribution is -2.43. The number of nitrogens with one attached hydrogen (secondary N) is 1. The topological polar surface area (TPSA) is 69.6 Å². The van der Waals surface area contributed by atoms with E-state index in [1.165, 1.54) is 0 Å². The van der Waals surface area contributed by atoms with Crippen molar-refractivity contribution in [2.45, 2.75) is 44.2 Å². The van der Waals surface area contributed by atoms with Crippen LogP contribution in [0.1, 0.15) is 32.1 Å². The number of aliphatic hydroxyl groups is 1. The number of carbonyl (C=O) groups is 2. The summed E-state index contributed by atoms with van der Waals surface area (Å²) >= 11 is 0. The molecule has 0 bridgehead atoms. The van der Waals surface area contributed by atoms with Crippen molar-refractivity contribution in [3.8, 4) is 0 Å². The third-order valence-corrected chi connectivity index (χ3v) is 4.63. The standard InChI is InChI=1S/C17H22N2O3/c20-14-8-6-12(7-9-14)18-16(21)15-10-11-19(17(15)22)13-4-2-1-3-5-13/h1-5,12,14-15,20H,6-11H2,(H,18,21)/t12?,14?,15-/m0/s1. The Hall–Kier alpha value is -1.88. The molecule has 1 heterocycles. The van der Waals surface area contributed by atoms with Crippen LogP contribution in [0.3, 0.4) is 0 Å². The third kappa shape index (κ3) is 3.14. The first-order chi connectivity index (χ1) is 10.6. The van der Waals surface area contributed by atoms with E-state index in [0.717, 1.165) is 31.4 Å². The second kappa shape index (κ2) is 6.48. The molecule has 22 heavy (non-hydrogen) atoms. The highest BCUT2D eigenvalue weighted by Crippen LogP contribution is 2.26. The Labute approximate surface area is 130 Å². The van der Waals surface area contributed by atoms with Gasteiger partial charge >= 0.3 is 0 Å². The molecule has 1 saturated carbocycles. The Kier molecular flexibility index (Phi) is 4.43. The van der Waals surface area contributed by atoms with E-state index >= 15 is 0 Å². The van der Waals surface area contributed by atoms with Crippen LogP contribution in [-0.2, 0) is 9.59 Å². The SMILES string of the molecule is O=C(NC1CCC(O)CC1)[C@@H]1CCN(c2ccccc2)C1=O. The fraction of sp³-hybridized carbons (Fsp3) is 0.529. The van der Waals surface area contributed by atoms with Crippen molar-refractivity contribution in [2.24, 2.45) is 5.92 Å². The van der Waals surface area contributed by atoms with Gasteiger partial charge in [-0.15, -0.1) is 0 Å². The molecule has 2 aliphatic rings. The molecule has 0 spiro atoms. The summed E-state index contributed by atoms with van der Waals surface area (Å²) in [5.74, 6) is -0.851. The van der Waals surface area contributed by atoms with Crippen LogP contribution in [0.25, 0.3) is 0 Å². The summed E-state index contributed by atoms with van der Waals surface area (Å²) in [6, 6.07) is 9.56. The average Bonchev–Trinajstić information content (AvgIpc) is 2.92. The number of para-hydroxylation sites is 1. The monoisotopic (exact) mass is 302 g/mol. The lowest BCUT2D eigenvalue weighted by atomic mass is 9.92. The number of hydrogen-bond acceptors (Lipinski definition) is 3. The van der Waals surface area contributed by atoms with Gasteiger partial charge in [0.25, 0.3) is 0 Å². The van der Waals surface area contributed by atoms with E-state index in [0.29, 0.717) is 13.0 Å². The molecule has 2 amide bonds. The maximum absolute atomic E-state index is 12.5. The van der Waals surface area contributed by atoms with Gasteiger partial charge in [-0.25, -0.2) is 0 Å². The summed E-state index contributed by atoms with van der Waals surface area (Å²) in [7, 11) is 0. The first-order valence-corrected chi connectivity index (χ1v) is 8.00. The van der Waals surface area contributed by atoms with E-state index in [1.54, 1.807) is 4.90 Å². The van der Waals surface area contributed by atoms with Crippen molar-refractivity contribution in [1.29, 1.82) is 0 Å². The molecule has 5 nitrogen and oxygen atoms in total. The van der Waals surface area contributed by atoms with Crippen molar-refractivity contribution < 1.29 is 14.7 Å². The number of amides is 2. The number of hydrogen-bond donors (Lipinski definition) is 2. The second-order valence-electron chi connectivity index (χ2n) is 6.18. The van der Waals surface area contributed by atoms with Crippen molar-refractivity contribution in [1.82, 2.24) is 5.32 Å². The highest BCUT2D eigenvalue weighted by Gasteiger charge is 2.38. The normalized spacial score (nSPS) is 28.7. The van der Waals surface area contributed by atoms with Gasteiger partial charge in [-0.05, 0) is 44.2 Å². The van der Waals surface area contributed by atoms with Gasteiger partial charge in [0.2, 0.25) is 11.8 Å². The largest absolute Gasteiger partial charge is 0.393 e. The van der Waals surface area contributed by atoms with Gasteiger partial charge in [0.1, 0.15) is 5.92 Å². The average molecular weight is 302 g/mol. The maximum Gasteiger partial charge on any atom is 0.239 e. The van der Waals surface area contributed by atoms with Crippen molar-refractivity contribution in [2.75, 3.05) is 11.4 Å². The van der Waals surface area contributed by atoms with E-state index in [9.17, 15) is 14.7 Å². The zero-order valence-corrected chi connectivity index (χ0v) is 12.6. The maximum atomic E-state index is 12.5.